The Morgan fingerprint density at radius 3 is 2.83 bits per heavy atom. The zero-order chi connectivity index (χ0) is 17.0. The second-order valence-corrected chi connectivity index (χ2v) is 6.75. The first kappa shape index (κ1) is 17.1. The van der Waals surface area contributed by atoms with Crippen LogP contribution in [0.1, 0.15) is 39.7 Å². The SMILES string of the molecule is CC[C@@H](C=NC(=O)OC(C)(C)C)Cc1c[nH]c2ccc(N)cc12. The molecule has 0 radical (unpaired) electrons. The van der Waals surface area contributed by atoms with Crippen molar-refractivity contribution in [3.8, 4) is 0 Å². The molecule has 0 fully saturated rings. The summed E-state index contributed by atoms with van der Waals surface area (Å²) in [5.74, 6) is 0.169. The van der Waals surface area contributed by atoms with Gasteiger partial charge in [-0.2, -0.15) is 4.99 Å². The highest BCUT2D eigenvalue weighted by Crippen LogP contribution is 2.23. The molecule has 1 atom stereocenters. The molecule has 1 amide bonds. The first-order valence-electron chi connectivity index (χ1n) is 7.91. The molecule has 0 bridgehead atoms. The van der Waals surface area contributed by atoms with Crippen LogP contribution in [0, 0.1) is 5.92 Å². The number of aromatic nitrogens is 1. The van der Waals surface area contributed by atoms with Crippen molar-refractivity contribution in [1.29, 1.82) is 0 Å². The standard InChI is InChI=1S/C18H25N3O2/c1-5-12(10-21-17(22)23-18(2,3)4)8-13-11-20-16-7-6-14(19)9-15(13)16/h6-7,9-12,20H,5,8,19H2,1-4H3/t12-/m1/s1. The van der Waals surface area contributed by atoms with E-state index in [9.17, 15) is 4.79 Å². The summed E-state index contributed by atoms with van der Waals surface area (Å²) in [6.07, 6.45) is 4.83. The highest BCUT2D eigenvalue weighted by atomic mass is 16.6. The smallest absolute Gasteiger partial charge is 0.433 e. The van der Waals surface area contributed by atoms with Crippen LogP contribution >= 0.6 is 0 Å². The summed E-state index contributed by atoms with van der Waals surface area (Å²) >= 11 is 0. The van der Waals surface area contributed by atoms with Crippen molar-refractivity contribution in [2.75, 3.05) is 5.73 Å². The number of fused-ring (bicyclic) bond motifs is 1. The fourth-order valence-electron chi connectivity index (χ4n) is 2.40. The van der Waals surface area contributed by atoms with Crippen LogP contribution in [0.15, 0.2) is 29.4 Å². The summed E-state index contributed by atoms with van der Waals surface area (Å²) in [6.45, 7) is 7.56. The van der Waals surface area contributed by atoms with Gasteiger partial charge in [-0.25, -0.2) is 4.79 Å². The van der Waals surface area contributed by atoms with E-state index in [0.29, 0.717) is 0 Å². The third kappa shape index (κ3) is 4.84. The first-order chi connectivity index (χ1) is 10.8. The Kier molecular flexibility index (Phi) is 5.08. The van der Waals surface area contributed by atoms with E-state index in [-0.39, 0.29) is 5.92 Å². The quantitative estimate of drug-likeness (QED) is 0.651. The summed E-state index contributed by atoms with van der Waals surface area (Å²) in [4.78, 5) is 18.9. The molecule has 0 saturated heterocycles. The lowest BCUT2D eigenvalue weighted by molar-refractivity contribution is 0.0604. The lowest BCUT2D eigenvalue weighted by atomic mass is 9.97. The molecule has 2 aromatic rings. The van der Waals surface area contributed by atoms with E-state index >= 15 is 0 Å². The molecule has 1 aromatic carbocycles. The molecule has 124 valence electrons. The van der Waals surface area contributed by atoms with E-state index in [0.717, 1.165) is 29.4 Å². The Morgan fingerprint density at radius 1 is 1.43 bits per heavy atom. The maximum atomic E-state index is 11.7. The molecule has 0 aliphatic heterocycles. The predicted octanol–water partition coefficient (Wildman–Crippen LogP) is 4.32. The number of benzene rings is 1. The van der Waals surface area contributed by atoms with E-state index < -0.39 is 11.7 Å². The summed E-state index contributed by atoms with van der Waals surface area (Å²) in [7, 11) is 0. The number of aliphatic imine (C=N–C) groups is 1. The van der Waals surface area contributed by atoms with E-state index in [2.05, 4.69) is 16.9 Å². The fraction of sp³-hybridized carbons (Fsp3) is 0.444. The molecule has 1 aromatic heterocycles. The van der Waals surface area contributed by atoms with Crippen LogP contribution in [0.3, 0.4) is 0 Å². The molecular formula is C18H25N3O2. The Morgan fingerprint density at radius 2 is 2.17 bits per heavy atom. The van der Waals surface area contributed by atoms with Crippen molar-refractivity contribution in [3.05, 3.63) is 30.0 Å². The van der Waals surface area contributed by atoms with E-state index in [1.54, 1.807) is 6.21 Å². The molecule has 0 aliphatic carbocycles. The Hall–Kier alpha value is -2.30. The average molecular weight is 315 g/mol. The average Bonchev–Trinajstić information content (AvgIpc) is 2.83. The molecule has 0 unspecified atom stereocenters. The molecule has 23 heavy (non-hydrogen) atoms. The highest BCUT2D eigenvalue weighted by Gasteiger charge is 2.16. The zero-order valence-electron chi connectivity index (χ0n) is 14.2. The van der Waals surface area contributed by atoms with Gasteiger partial charge in [0, 0.05) is 29.0 Å². The van der Waals surface area contributed by atoms with Crippen molar-refractivity contribution in [2.24, 2.45) is 10.9 Å². The summed E-state index contributed by atoms with van der Waals surface area (Å²) in [5.41, 5.74) is 8.33. The molecule has 0 saturated carbocycles. The monoisotopic (exact) mass is 315 g/mol. The predicted molar refractivity (Wildman–Crippen MR) is 94.9 cm³/mol. The van der Waals surface area contributed by atoms with Crippen LogP contribution in [0.2, 0.25) is 0 Å². The minimum absolute atomic E-state index is 0.169. The van der Waals surface area contributed by atoms with Crippen molar-refractivity contribution in [3.63, 3.8) is 0 Å². The number of rotatable bonds is 4. The van der Waals surface area contributed by atoms with Crippen molar-refractivity contribution >= 4 is 28.9 Å². The van der Waals surface area contributed by atoms with Gasteiger partial charge in [-0.15, -0.1) is 0 Å². The third-order valence-electron chi connectivity index (χ3n) is 3.58. The van der Waals surface area contributed by atoms with Gasteiger partial charge in [0.1, 0.15) is 5.60 Å². The number of anilines is 1. The van der Waals surface area contributed by atoms with Crippen LogP contribution in [-0.2, 0) is 11.2 Å². The number of hydrogen-bond acceptors (Lipinski definition) is 3. The molecular weight excluding hydrogens is 290 g/mol. The van der Waals surface area contributed by atoms with Gasteiger partial charge in [0.25, 0.3) is 0 Å². The second-order valence-electron chi connectivity index (χ2n) is 6.75. The number of carbonyl (C=O) groups excluding carboxylic acids is 1. The number of amides is 1. The van der Waals surface area contributed by atoms with E-state index in [4.69, 9.17) is 10.5 Å². The zero-order valence-corrected chi connectivity index (χ0v) is 14.2. The molecule has 1 heterocycles. The van der Waals surface area contributed by atoms with Crippen molar-refractivity contribution in [1.82, 2.24) is 4.98 Å². The third-order valence-corrected chi connectivity index (χ3v) is 3.58. The Bertz CT molecular complexity index is 711. The number of nitrogens with one attached hydrogen (secondary N) is 1. The number of nitrogens with zero attached hydrogens (tertiary/aromatic N) is 1. The number of ether oxygens (including phenoxy) is 1. The largest absolute Gasteiger partial charge is 0.442 e. The number of carbonyl (C=O) groups is 1. The van der Waals surface area contributed by atoms with Gasteiger partial charge in [0.05, 0.1) is 0 Å². The number of aromatic amines is 1. The molecule has 0 aliphatic rings. The first-order valence-corrected chi connectivity index (χ1v) is 7.91. The van der Waals surface area contributed by atoms with Gasteiger partial charge in [-0.05, 0) is 63.3 Å². The number of hydrogen-bond donors (Lipinski definition) is 2. The Labute approximate surface area is 136 Å². The lowest BCUT2D eigenvalue weighted by Crippen LogP contribution is -2.22. The second kappa shape index (κ2) is 6.86. The normalized spacial score (nSPS) is 13.6. The minimum atomic E-state index is -0.542. The number of H-pyrrole nitrogens is 1. The van der Waals surface area contributed by atoms with Crippen molar-refractivity contribution in [2.45, 2.75) is 46.1 Å². The molecule has 3 N–H and O–H groups in total. The highest BCUT2D eigenvalue weighted by molar-refractivity contribution is 5.87. The maximum absolute atomic E-state index is 11.7. The van der Waals surface area contributed by atoms with Gasteiger partial charge in [-0.1, -0.05) is 6.92 Å². The van der Waals surface area contributed by atoms with Gasteiger partial charge >= 0.3 is 6.09 Å². The summed E-state index contributed by atoms with van der Waals surface area (Å²) in [5, 5.41) is 1.12. The van der Waals surface area contributed by atoms with Gasteiger partial charge in [0.15, 0.2) is 0 Å². The van der Waals surface area contributed by atoms with Gasteiger partial charge in [0.2, 0.25) is 0 Å². The van der Waals surface area contributed by atoms with Crippen LogP contribution in [0.4, 0.5) is 10.5 Å². The van der Waals surface area contributed by atoms with Gasteiger partial charge in [-0.3, -0.25) is 0 Å². The number of nitrogens with two attached hydrogens (primary N) is 1. The number of nitrogen functional groups attached to an aromatic ring is 1. The summed E-state index contributed by atoms with van der Waals surface area (Å²) in [6, 6.07) is 5.83. The molecule has 0 spiro atoms. The van der Waals surface area contributed by atoms with Crippen LogP contribution in [-0.4, -0.2) is 22.9 Å². The van der Waals surface area contributed by atoms with Crippen LogP contribution in [0.25, 0.3) is 10.9 Å². The summed E-state index contributed by atoms with van der Waals surface area (Å²) < 4.78 is 5.19. The van der Waals surface area contributed by atoms with E-state index in [1.807, 2.05) is 45.2 Å². The van der Waals surface area contributed by atoms with Gasteiger partial charge < -0.3 is 15.5 Å². The minimum Gasteiger partial charge on any atom is -0.442 e. The molecule has 5 nitrogen and oxygen atoms in total. The Balaban J connectivity index is 2.09. The molecule has 5 heteroatoms. The maximum Gasteiger partial charge on any atom is 0.433 e. The van der Waals surface area contributed by atoms with Crippen LogP contribution < -0.4 is 5.73 Å². The lowest BCUT2D eigenvalue weighted by Gasteiger charge is -2.17. The van der Waals surface area contributed by atoms with Crippen molar-refractivity contribution < 1.29 is 9.53 Å². The van der Waals surface area contributed by atoms with Crippen LogP contribution in [0.5, 0.6) is 0 Å². The topological polar surface area (TPSA) is 80.5 Å². The fourth-order valence-corrected chi connectivity index (χ4v) is 2.40. The van der Waals surface area contributed by atoms with E-state index in [1.165, 1.54) is 5.56 Å². The molecule has 2 rings (SSSR count).